The molecule has 1 aromatic carbocycles. The van der Waals surface area contributed by atoms with Gasteiger partial charge in [0.25, 0.3) is 0 Å². The van der Waals surface area contributed by atoms with Crippen molar-refractivity contribution in [2.75, 3.05) is 31.8 Å². The number of ether oxygens (including phenoxy) is 3. The van der Waals surface area contributed by atoms with Crippen LogP contribution in [-0.4, -0.2) is 52.9 Å². The van der Waals surface area contributed by atoms with Crippen LogP contribution in [0, 0.1) is 0 Å². The number of nitrogens with zero attached hydrogens (tertiary/aromatic N) is 4. The molecule has 1 amide bonds. The van der Waals surface area contributed by atoms with Crippen molar-refractivity contribution in [3.63, 3.8) is 0 Å². The Morgan fingerprint density at radius 3 is 2.43 bits per heavy atom. The first-order valence-electron chi connectivity index (χ1n) is 12.5. The number of imidazole rings is 1. The Labute approximate surface area is 217 Å². The number of carbonyl (C=O) groups excluding carboxylic acids is 1. The van der Waals surface area contributed by atoms with Crippen molar-refractivity contribution >= 4 is 17.6 Å². The van der Waals surface area contributed by atoms with Gasteiger partial charge in [-0.15, -0.1) is 0 Å². The van der Waals surface area contributed by atoms with Crippen LogP contribution < -0.4 is 9.64 Å². The van der Waals surface area contributed by atoms with Crippen molar-refractivity contribution in [3.05, 3.63) is 67.1 Å². The highest BCUT2D eigenvalue weighted by molar-refractivity contribution is 5.87. The van der Waals surface area contributed by atoms with Gasteiger partial charge in [-0.25, -0.2) is 14.8 Å². The second kappa shape index (κ2) is 11.4. The van der Waals surface area contributed by atoms with Crippen molar-refractivity contribution in [1.82, 2.24) is 14.4 Å². The predicted octanol–water partition coefficient (Wildman–Crippen LogP) is 6.24. The Balaban J connectivity index is 1.57. The summed E-state index contributed by atoms with van der Waals surface area (Å²) in [5, 5.41) is 0. The number of methoxy groups -OCH3 is 1. The molecule has 0 saturated carbocycles. The van der Waals surface area contributed by atoms with E-state index in [4.69, 9.17) is 19.2 Å². The Hall–Kier alpha value is -3.91. The van der Waals surface area contributed by atoms with Crippen molar-refractivity contribution in [3.8, 4) is 28.1 Å². The molecule has 0 aliphatic carbocycles. The molecule has 0 unspecified atom stereocenters. The lowest BCUT2D eigenvalue weighted by Crippen LogP contribution is -2.39. The molecule has 3 heterocycles. The lowest BCUT2D eigenvalue weighted by Gasteiger charge is -2.27. The van der Waals surface area contributed by atoms with Gasteiger partial charge >= 0.3 is 6.09 Å². The molecule has 0 atom stereocenters. The minimum atomic E-state index is -0.615. The van der Waals surface area contributed by atoms with Crippen LogP contribution in [0.2, 0.25) is 0 Å². The fraction of sp³-hybridized carbons (Fsp3) is 0.345. The first-order valence-corrected chi connectivity index (χ1v) is 12.5. The zero-order valence-corrected chi connectivity index (χ0v) is 22.1. The topological polar surface area (TPSA) is 78.2 Å². The number of aromatic nitrogens is 3. The Kier molecular flexibility index (Phi) is 8.08. The molecule has 0 bridgehead atoms. The number of anilines is 1. The standard InChI is InChI=1S/C29H34N4O4/c1-6-16-36-17-15-33(28(34)37-29(2,3)4)27-18-23(13-14-30-27)21-7-9-22(10-8-21)25-20-32-19-24(35-5)11-12-26(32)31-25/h7-14,18-20H,6,15-17H2,1-5H3. The normalized spacial score (nSPS) is 11.5. The van der Waals surface area contributed by atoms with Crippen LogP contribution in [0.25, 0.3) is 28.0 Å². The summed E-state index contributed by atoms with van der Waals surface area (Å²) < 4.78 is 18.5. The molecule has 3 aromatic heterocycles. The highest BCUT2D eigenvalue weighted by Crippen LogP contribution is 2.28. The third-order valence-electron chi connectivity index (χ3n) is 5.62. The van der Waals surface area contributed by atoms with E-state index >= 15 is 0 Å². The van der Waals surface area contributed by atoms with Crippen LogP contribution in [0.15, 0.2) is 67.1 Å². The summed E-state index contributed by atoms with van der Waals surface area (Å²) in [4.78, 5) is 23.7. The third-order valence-corrected chi connectivity index (χ3v) is 5.62. The average Bonchev–Trinajstić information content (AvgIpc) is 3.31. The molecule has 8 heteroatoms. The second-order valence-electron chi connectivity index (χ2n) is 9.68. The fourth-order valence-electron chi connectivity index (χ4n) is 3.83. The van der Waals surface area contributed by atoms with Gasteiger partial charge in [0.15, 0.2) is 0 Å². The van der Waals surface area contributed by atoms with Gasteiger partial charge in [-0.2, -0.15) is 0 Å². The first-order chi connectivity index (χ1) is 17.8. The zero-order valence-electron chi connectivity index (χ0n) is 22.1. The number of carbonyl (C=O) groups is 1. The molecular weight excluding hydrogens is 468 g/mol. The van der Waals surface area contributed by atoms with Gasteiger partial charge in [0.1, 0.15) is 22.8 Å². The van der Waals surface area contributed by atoms with Crippen LogP contribution in [0.5, 0.6) is 5.75 Å². The summed E-state index contributed by atoms with van der Waals surface area (Å²) in [7, 11) is 1.65. The van der Waals surface area contributed by atoms with E-state index in [0.29, 0.717) is 25.6 Å². The first kappa shape index (κ1) is 26.2. The molecule has 37 heavy (non-hydrogen) atoms. The maximum Gasteiger partial charge on any atom is 0.416 e. The number of hydrogen-bond donors (Lipinski definition) is 0. The third kappa shape index (κ3) is 6.65. The van der Waals surface area contributed by atoms with Crippen molar-refractivity contribution in [1.29, 1.82) is 0 Å². The van der Waals surface area contributed by atoms with Gasteiger partial charge in [0.05, 0.1) is 32.2 Å². The van der Waals surface area contributed by atoms with Gasteiger partial charge in [-0.1, -0.05) is 31.2 Å². The summed E-state index contributed by atoms with van der Waals surface area (Å²) in [6, 6.07) is 15.8. The van der Waals surface area contributed by atoms with Gasteiger partial charge in [0.2, 0.25) is 0 Å². The van der Waals surface area contributed by atoms with E-state index in [2.05, 4.69) is 4.98 Å². The number of rotatable bonds is 9. The van der Waals surface area contributed by atoms with Crippen LogP contribution in [0.1, 0.15) is 34.1 Å². The van der Waals surface area contributed by atoms with Gasteiger partial charge in [-0.3, -0.25) is 4.90 Å². The van der Waals surface area contributed by atoms with Crippen molar-refractivity contribution in [2.24, 2.45) is 0 Å². The molecular formula is C29H34N4O4. The highest BCUT2D eigenvalue weighted by atomic mass is 16.6. The molecule has 4 rings (SSSR count). The largest absolute Gasteiger partial charge is 0.495 e. The van der Waals surface area contributed by atoms with Crippen LogP contribution in [0.4, 0.5) is 10.6 Å². The van der Waals surface area contributed by atoms with Gasteiger partial charge < -0.3 is 18.6 Å². The minimum Gasteiger partial charge on any atom is -0.495 e. The minimum absolute atomic E-state index is 0.350. The van der Waals surface area contributed by atoms with Crippen molar-refractivity contribution in [2.45, 2.75) is 39.7 Å². The Bertz CT molecular complexity index is 1340. The molecule has 0 fully saturated rings. The molecule has 0 aliphatic rings. The smallest absolute Gasteiger partial charge is 0.416 e. The monoisotopic (exact) mass is 502 g/mol. The lowest BCUT2D eigenvalue weighted by molar-refractivity contribution is 0.0559. The lowest BCUT2D eigenvalue weighted by atomic mass is 10.0. The fourth-order valence-corrected chi connectivity index (χ4v) is 3.83. The highest BCUT2D eigenvalue weighted by Gasteiger charge is 2.24. The van der Waals surface area contributed by atoms with Crippen LogP contribution in [-0.2, 0) is 9.47 Å². The quantitative estimate of drug-likeness (QED) is 0.252. The second-order valence-corrected chi connectivity index (χ2v) is 9.68. The van der Waals surface area contributed by atoms with E-state index in [-0.39, 0.29) is 0 Å². The molecule has 194 valence electrons. The summed E-state index contributed by atoms with van der Waals surface area (Å²) in [5.41, 5.74) is 4.06. The van der Waals surface area contributed by atoms with E-state index in [1.165, 1.54) is 4.90 Å². The summed E-state index contributed by atoms with van der Waals surface area (Å²) >= 11 is 0. The number of benzene rings is 1. The summed E-state index contributed by atoms with van der Waals surface area (Å²) in [6.07, 6.45) is 6.06. The van der Waals surface area contributed by atoms with E-state index in [0.717, 1.165) is 40.2 Å². The summed E-state index contributed by atoms with van der Waals surface area (Å²) in [6.45, 7) is 8.99. The molecule has 0 radical (unpaired) electrons. The number of amides is 1. The van der Waals surface area contributed by atoms with Gasteiger partial charge in [0, 0.05) is 24.6 Å². The van der Waals surface area contributed by atoms with Gasteiger partial charge in [-0.05, 0) is 62.6 Å². The van der Waals surface area contributed by atoms with Crippen molar-refractivity contribution < 1.29 is 19.0 Å². The van der Waals surface area contributed by atoms with E-state index in [1.54, 1.807) is 13.3 Å². The zero-order chi connectivity index (χ0) is 26.4. The van der Waals surface area contributed by atoms with E-state index in [1.807, 2.05) is 93.0 Å². The van der Waals surface area contributed by atoms with Crippen LogP contribution in [0.3, 0.4) is 0 Å². The average molecular weight is 503 g/mol. The molecule has 0 N–H and O–H groups in total. The Morgan fingerprint density at radius 1 is 0.973 bits per heavy atom. The molecule has 8 nitrogen and oxygen atoms in total. The maximum absolute atomic E-state index is 13.0. The number of fused-ring (bicyclic) bond motifs is 1. The summed E-state index contributed by atoms with van der Waals surface area (Å²) in [5.74, 6) is 1.29. The van der Waals surface area contributed by atoms with Crippen LogP contribution >= 0.6 is 0 Å². The predicted molar refractivity (Wildman–Crippen MR) is 145 cm³/mol. The number of hydrogen-bond acceptors (Lipinski definition) is 6. The number of pyridine rings is 2. The molecule has 4 aromatic rings. The molecule has 0 aliphatic heterocycles. The van der Waals surface area contributed by atoms with E-state index in [9.17, 15) is 4.79 Å². The molecule has 0 spiro atoms. The Morgan fingerprint density at radius 2 is 1.73 bits per heavy atom. The maximum atomic E-state index is 13.0. The molecule has 0 saturated heterocycles. The SMILES string of the molecule is CCCOCCN(C(=O)OC(C)(C)C)c1cc(-c2ccc(-c3cn4cc(OC)ccc4n3)cc2)ccn1. The van der Waals surface area contributed by atoms with E-state index < -0.39 is 11.7 Å².